The number of hydrogen-bond donors (Lipinski definition) is 2. The Hall–Kier alpha value is -3.04. The Morgan fingerprint density at radius 2 is 2.12 bits per heavy atom. The van der Waals surface area contributed by atoms with E-state index in [9.17, 15) is 9.59 Å². The molecule has 0 amide bonds. The predicted molar refractivity (Wildman–Crippen MR) is 98.0 cm³/mol. The number of H-pyrrole nitrogens is 1. The Balaban J connectivity index is 2.05. The number of aromatic nitrogens is 2. The maximum absolute atomic E-state index is 12.6. The van der Waals surface area contributed by atoms with Gasteiger partial charge in [-0.1, -0.05) is 11.6 Å². The Bertz CT molecular complexity index is 1220. The van der Waals surface area contributed by atoms with Crippen LogP contribution in [-0.2, 0) is 6.98 Å². The molecule has 0 aliphatic heterocycles. The topological polar surface area (TPSA) is 90.7 Å². The Morgan fingerprint density at radius 3 is 2.84 bits per heavy atom. The van der Waals surface area contributed by atoms with E-state index in [0.29, 0.717) is 20.7 Å². The standard InChI is InChI=1S/C18H15ClN4O2/c1-10(21-16-6-4-13(9-20)23(2)18(16)25)14-8-11-7-12(19)3-5-15(11)22-17(14)24/h3-8,10,21H,1-2H3,(H,22,24)/t10-/m0/s1/i2D3. The molecular weight excluding hydrogens is 340 g/mol. The molecule has 0 aliphatic carbocycles. The highest BCUT2D eigenvalue weighted by atomic mass is 35.5. The summed E-state index contributed by atoms with van der Waals surface area (Å²) in [5.74, 6) is 0. The first-order valence-electron chi connectivity index (χ1n) is 8.87. The van der Waals surface area contributed by atoms with Crippen LogP contribution in [0.3, 0.4) is 0 Å². The van der Waals surface area contributed by atoms with E-state index in [0.717, 1.165) is 5.39 Å². The number of aromatic amines is 1. The van der Waals surface area contributed by atoms with E-state index in [2.05, 4.69) is 10.3 Å². The number of nitrogens with zero attached hydrogens (tertiary/aromatic N) is 2. The average molecular weight is 358 g/mol. The SMILES string of the molecule is [2H]C([2H])([2H])n1c(C#N)ccc(N[C@@H](C)c2cc3cc(Cl)ccc3[nH]c2=O)c1=O. The minimum atomic E-state index is -2.81. The Kier molecular flexibility index (Phi) is 3.43. The fourth-order valence-corrected chi connectivity index (χ4v) is 2.74. The molecule has 0 saturated carbocycles. The molecule has 1 atom stereocenters. The van der Waals surface area contributed by atoms with Crippen LogP contribution in [0, 0.1) is 11.3 Å². The molecule has 7 heteroatoms. The molecular formula is C18H15ClN4O2. The average Bonchev–Trinajstić information content (AvgIpc) is 2.61. The zero-order valence-electron chi connectivity index (χ0n) is 16.1. The highest BCUT2D eigenvalue weighted by Crippen LogP contribution is 2.21. The van der Waals surface area contributed by atoms with Crippen LogP contribution in [0.25, 0.3) is 10.9 Å². The van der Waals surface area contributed by atoms with E-state index < -0.39 is 18.6 Å². The van der Waals surface area contributed by atoms with Crippen LogP contribution in [-0.4, -0.2) is 9.55 Å². The first-order valence-corrected chi connectivity index (χ1v) is 7.75. The second-order valence-electron chi connectivity index (χ2n) is 5.54. The van der Waals surface area contributed by atoms with E-state index in [4.69, 9.17) is 21.0 Å². The van der Waals surface area contributed by atoms with E-state index in [1.807, 2.05) is 0 Å². The zero-order chi connectivity index (χ0) is 20.6. The summed E-state index contributed by atoms with van der Waals surface area (Å²) in [4.78, 5) is 27.8. The van der Waals surface area contributed by atoms with E-state index in [1.165, 1.54) is 12.1 Å². The lowest BCUT2D eigenvalue weighted by atomic mass is 10.1. The van der Waals surface area contributed by atoms with Crippen molar-refractivity contribution in [1.29, 1.82) is 5.26 Å². The van der Waals surface area contributed by atoms with Gasteiger partial charge in [-0.15, -0.1) is 0 Å². The molecule has 0 spiro atoms. The van der Waals surface area contributed by atoms with Gasteiger partial charge in [-0.25, -0.2) is 0 Å². The number of hydrogen-bond acceptors (Lipinski definition) is 4. The summed E-state index contributed by atoms with van der Waals surface area (Å²) in [6.07, 6.45) is 0. The van der Waals surface area contributed by atoms with E-state index in [1.54, 1.807) is 37.3 Å². The molecule has 2 aromatic heterocycles. The molecule has 3 aromatic rings. The number of fused-ring (bicyclic) bond motifs is 1. The maximum atomic E-state index is 12.6. The second-order valence-corrected chi connectivity index (χ2v) is 5.97. The van der Waals surface area contributed by atoms with Crippen molar-refractivity contribution in [3.05, 3.63) is 73.4 Å². The van der Waals surface area contributed by atoms with E-state index in [-0.39, 0.29) is 16.9 Å². The molecule has 0 bridgehead atoms. The molecule has 0 fully saturated rings. The molecule has 0 radical (unpaired) electrons. The van der Waals surface area contributed by atoms with Crippen LogP contribution in [0.15, 0.2) is 46.0 Å². The monoisotopic (exact) mass is 357 g/mol. The van der Waals surface area contributed by atoms with Crippen molar-refractivity contribution in [2.75, 3.05) is 5.32 Å². The quantitative estimate of drug-likeness (QED) is 0.754. The smallest absolute Gasteiger partial charge is 0.274 e. The van der Waals surface area contributed by atoms with Crippen molar-refractivity contribution in [2.24, 2.45) is 6.98 Å². The number of nitriles is 1. The highest BCUT2D eigenvalue weighted by Gasteiger charge is 2.14. The molecule has 2 heterocycles. The first-order chi connectivity index (χ1) is 13.1. The summed E-state index contributed by atoms with van der Waals surface area (Å²) in [5, 5.41) is 13.2. The van der Waals surface area contributed by atoms with Crippen LogP contribution in [0.1, 0.15) is 28.3 Å². The minimum Gasteiger partial charge on any atom is -0.374 e. The molecule has 2 N–H and O–H groups in total. The molecule has 25 heavy (non-hydrogen) atoms. The van der Waals surface area contributed by atoms with Crippen molar-refractivity contribution < 1.29 is 4.11 Å². The lowest BCUT2D eigenvalue weighted by Crippen LogP contribution is -2.26. The number of nitrogens with one attached hydrogen (secondary N) is 2. The largest absolute Gasteiger partial charge is 0.374 e. The van der Waals surface area contributed by atoms with Gasteiger partial charge in [0, 0.05) is 32.6 Å². The Labute approximate surface area is 152 Å². The van der Waals surface area contributed by atoms with Gasteiger partial charge in [-0.2, -0.15) is 5.26 Å². The van der Waals surface area contributed by atoms with Gasteiger partial charge in [0.1, 0.15) is 17.5 Å². The molecule has 0 aliphatic rings. The third-order valence-corrected chi connectivity index (χ3v) is 4.11. The van der Waals surface area contributed by atoms with Gasteiger partial charge in [0.15, 0.2) is 0 Å². The molecule has 6 nitrogen and oxygen atoms in total. The predicted octanol–water partition coefficient (Wildman–Crippen LogP) is 2.92. The van der Waals surface area contributed by atoms with Crippen molar-refractivity contribution in [1.82, 2.24) is 9.55 Å². The number of pyridine rings is 2. The van der Waals surface area contributed by atoms with Crippen LogP contribution in [0.2, 0.25) is 5.02 Å². The third kappa shape index (κ3) is 3.14. The molecule has 0 unspecified atom stereocenters. The zero-order valence-corrected chi connectivity index (χ0v) is 13.9. The summed E-state index contributed by atoms with van der Waals surface area (Å²) in [6.45, 7) is -1.14. The van der Waals surface area contributed by atoms with Crippen molar-refractivity contribution >= 4 is 28.2 Å². The molecule has 3 rings (SSSR count). The lowest BCUT2D eigenvalue weighted by Gasteiger charge is -2.16. The molecule has 0 saturated heterocycles. The van der Waals surface area contributed by atoms with Crippen LogP contribution in [0.4, 0.5) is 5.69 Å². The normalized spacial score (nSPS) is 14.2. The van der Waals surface area contributed by atoms with Gasteiger partial charge in [-0.3, -0.25) is 9.59 Å². The van der Waals surface area contributed by atoms with E-state index >= 15 is 0 Å². The van der Waals surface area contributed by atoms with Gasteiger partial charge < -0.3 is 14.9 Å². The Morgan fingerprint density at radius 1 is 1.32 bits per heavy atom. The van der Waals surface area contributed by atoms with Gasteiger partial charge in [0.25, 0.3) is 11.1 Å². The first kappa shape index (κ1) is 13.3. The second kappa shape index (κ2) is 6.46. The third-order valence-electron chi connectivity index (χ3n) is 3.87. The summed E-state index contributed by atoms with van der Waals surface area (Å²) in [6, 6.07) is 10.4. The number of halogens is 1. The van der Waals surface area contributed by atoms with Gasteiger partial charge in [0.05, 0.1) is 6.04 Å². The number of rotatable bonds is 3. The fraction of sp³-hybridized carbons (Fsp3) is 0.167. The summed E-state index contributed by atoms with van der Waals surface area (Å²) in [5.41, 5.74) is -0.562. The van der Waals surface area contributed by atoms with Crippen LogP contribution >= 0.6 is 11.6 Å². The van der Waals surface area contributed by atoms with Gasteiger partial charge >= 0.3 is 0 Å². The number of benzene rings is 1. The van der Waals surface area contributed by atoms with Crippen molar-refractivity contribution in [2.45, 2.75) is 13.0 Å². The summed E-state index contributed by atoms with van der Waals surface area (Å²) in [7, 11) is 0. The highest BCUT2D eigenvalue weighted by molar-refractivity contribution is 6.31. The maximum Gasteiger partial charge on any atom is 0.274 e. The van der Waals surface area contributed by atoms with Gasteiger partial charge in [0.2, 0.25) is 0 Å². The van der Waals surface area contributed by atoms with Crippen molar-refractivity contribution in [3.8, 4) is 6.07 Å². The number of anilines is 1. The van der Waals surface area contributed by atoms with Crippen molar-refractivity contribution in [3.63, 3.8) is 0 Å². The van der Waals surface area contributed by atoms with Gasteiger partial charge in [-0.05, 0) is 43.3 Å². The summed E-state index contributed by atoms with van der Waals surface area (Å²) < 4.78 is 22.9. The van der Waals surface area contributed by atoms with Crippen LogP contribution < -0.4 is 16.4 Å². The minimum absolute atomic E-state index is 0.0341. The lowest BCUT2D eigenvalue weighted by molar-refractivity contribution is 0.818. The summed E-state index contributed by atoms with van der Waals surface area (Å²) >= 11 is 6.00. The molecule has 1 aromatic carbocycles. The molecule has 126 valence electrons. The fourth-order valence-electron chi connectivity index (χ4n) is 2.56. The van der Waals surface area contributed by atoms with Crippen LogP contribution in [0.5, 0.6) is 0 Å².